The van der Waals surface area contributed by atoms with Gasteiger partial charge in [0, 0.05) is 22.2 Å². The minimum atomic E-state index is -0.788. The number of aliphatic hydroxyl groups is 1. The number of rotatable bonds is 3. The van der Waals surface area contributed by atoms with Crippen molar-refractivity contribution in [1.29, 1.82) is 0 Å². The lowest BCUT2D eigenvalue weighted by atomic mass is 9.99. The molecular formula is C17H14ClNO2. The molecule has 0 saturated heterocycles. The van der Waals surface area contributed by atoms with E-state index in [4.69, 9.17) is 16.3 Å². The molecule has 1 heterocycles. The van der Waals surface area contributed by atoms with Crippen molar-refractivity contribution in [2.24, 2.45) is 0 Å². The van der Waals surface area contributed by atoms with Crippen molar-refractivity contribution in [3.8, 4) is 5.75 Å². The number of aliphatic hydroxyl groups excluding tert-OH is 1. The molecular weight excluding hydrogens is 286 g/mol. The van der Waals surface area contributed by atoms with E-state index in [1.807, 2.05) is 30.3 Å². The number of hydrogen-bond acceptors (Lipinski definition) is 3. The van der Waals surface area contributed by atoms with Gasteiger partial charge in [-0.2, -0.15) is 0 Å². The number of aromatic nitrogens is 1. The zero-order chi connectivity index (χ0) is 14.8. The van der Waals surface area contributed by atoms with E-state index in [1.165, 1.54) is 0 Å². The summed E-state index contributed by atoms with van der Waals surface area (Å²) in [6.07, 6.45) is 0.949. The van der Waals surface area contributed by atoms with Crippen molar-refractivity contribution >= 4 is 22.5 Å². The first-order chi connectivity index (χ1) is 10.2. The van der Waals surface area contributed by atoms with Crippen LogP contribution < -0.4 is 4.74 Å². The van der Waals surface area contributed by atoms with Crippen molar-refractivity contribution in [2.75, 3.05) is 7.11 Å². The third-order valence-electron chi connectivity index (χ3n) is 3.44. The average molecular weight is 300 g/mol. The molecule has 0 fully saturated rings. The lowest BCUT2D eigenvalue weighted by Crippen LogP contribution is -2.02. The van der Waals surface area contributed by atoms with Crippen molar-refractivity contribution in [2.45, 2.75) is 6.10 Å². The minimum absolute atomic E-state index is 0.566. The molecule has 0 bridgehead atoms. The highest BCUT2D eigenvalue weighted by Crippen LogP contribution is 2.32. The van der Waals surface area contributed by atoms with E-state index in [-0.39, 0.29) is 0 Å². The van der Waals surface area contributed by atoms with Gasteiger partial charge in [-0.05, 0) is 29.8 Å². The lowest BCUT2D eigenvalue weighted by Gasteiger charge is -2.16. The van der Waals surface area contributed by atoms with Gasteiger partial charge in [0.2, 0.25) is 0 Å². The SMILES string of the molecule is COc1cc(Cl)ccc1C(O)c1ccc2cccnc2c1. The number of pyridine rings is 1. The zero-order valence-electron chi connectivity index (χ0n) is 11.5. The number of hydrogen-bond donors (Lipinski definition) is 1. The van der Waals surface area contributed by atoms with Gasteiger partial charge in [0.1, 0.15) is 11.9 Å². The Morgan fingerprint density at radius 2 is 2.00 bits per heavy atom. The van der Waals surface area contributed by atoms with Gasteiger partial charge in [-0.3, -0.25) is 4.98 Å². The Balaban J connectivity index is 2.05. The van der Waals surface area contributed by atoms with Crippen LogP contribution in [0.15, 0.2) is 54.7 Å². The molecule has 0 radical (unpaired) electrons. The topological polar surface area (TPSA) is 42.4 Å². The zero-order valence-corrected chi connectivity index (χ0v) is 12.2. The molecule has 2 aromatic carbocycles. The number of benzene rings is 2. The maximum atomic E-state index is 10.6. The van der Waals surface area contributed by atoms with Crippen LogP contribution in [0.4, 0.5) is 0 Å². The number of nitrogens with zero attached hydrogens (tertiary/aromatic N) is 1. The third-order valence-corrected chi connectivity index (χ3v) is 3.67. The second kappa shape index (κ2) is 5.72. The molecule has 0 aliphatic heterocycles. The van der Waals surface area contributed by atoms with Gasteiger partial charge in [0.25, 0.3) is 0 Å². The molecule has 3 rings (SSSR count). The first kappa shape index (κ1) is 13.9. The Kier molecular flexibility index (Phi) is 3.78. The summed E-state index contributed by atoms with van der Waals surface area (Å²) in [6, 6.07) is 14.8. The Hall–Kier alpha value is -2.10. The van der Waals surface area contributed by atoms with Crippen molar-refractivity contribution < 1.29 is 9.84 Å². The molecule has 3 nitrogen and oxygen atoms in total. The van der Waals surface area contributed by atoms with Crippen LogP contribution in [0, 0.1) is 0 Å². The third kappa shape index (κ3) is 2.71. The largest absolute Gasteiger partial charge is 0.496 e. The molecule has 3 aromatic rings. The van der Waals surface area contributed by atoms with Crippen molar-refractivity contribution in [3.63, 3.8) is 0 Å². The van der Waals surface area contributed by atoms with Crippen LogP contribution in [-0.2, 0) is 0 Å². The highest BCUT2D eigenvalue weighted by atomic mass is 35.5. The summed E-state index contributed by atoms with van der Waals surface area (Å²) < 4.78 is 5.30. The highest BCUT2D eigenvalue weighted by Gasteiger charge is 2.16. The lowest BCUT2D eigenvalue weighted by molar-refractivity contribution is 0.215. The standard InChI is InChI=1S/C17H14ClNO2/c1-21-16-10-13(18)6-7-14(16)17(20)12-5-4-11-3-2-8-19-15(11)9-12/h2-10,17,20H,1H3. The minimum Gasteiger partial charge on any atom is -0.496 e. The molecule has 4 heteroatoms. The molecule has 0 amide bonds. The van der Waals surface area contributed by atoms with Crippen LogP contribution in [-0.4, -0.2) is 17.2 Å². The molecule has 21 heavy (non-hydrogen) atoms. The fourth-order valence-corrected chi connectivity index (χ4v) is 2.51. The van der Waals surface area contributed by atoms with Gasteiger partial charge in [0.15, 0.2) is 0 Å². The molecule has 0 saturated carbocycles. The summed E-state index contributed by atoms with van der Waals surface area (Å²) >= 11 is 5.95. The molecule has 1 aromatic heterocycles. The van der Waals surface area contributed by atoms with E-state index in [0.717, 1.165) is 16.5 Å². The van der Waals surface area contributed by atoms with E-state index in [0.29, 0.717) is 16.3 Å². The van der Waals surface area contributed by atoms with Gasteiger partial charge in [0.05, 0.1) is 12.6 Å². The average Bonchev–Trinajstić information content (AvgIpc) is 2.53. The van der Waals surface area contributed by atoms with E-state index < -0.39 is 6.10 Å². The van der Waals surface area contributed by atoms with Gasteiger partial charge >= 0.3 is 0 Å². The van der Waals surface area contributed by atoms with Crippen LogP contribution >= 0.6 is 11.6 Å². The molecule has 0 spiro atoms. The predicted molar refractivity (Wildman–Crippen MR) is 83.8 cm³/mol. The summed E-state index contributed by atoms with van der Waals surface area (Å²) in [5, 5.41) is 12.2. The van der Waals surface area contributed by atoms with Crippen LogP contribution in [0.2, 0.25) is 5.02 Å². The van der Waals surface area contributed by atoms with Crippen molar-refractivity contribution in [1.82, 2.24) is 4.98 Å². The number of fused-ring (bicyclic) bond motifs is 1. The summed E-state index contributed by atoms with van der Waals surface area (Å²) in [6.45, 7) is 0. The van der Waals surface area contributed by atoms with Crippen LogP contribution in [0.25, 0.3) is 10.9 Å². The van der Waals surface area contributed by atoms with Crippen LogP contribution in [0.5, 0.6) is 5.75 Å². The number of ether oxygens (including phenoxy) is 1. The van der Waals surface area contributed by atoms with Gasteiger partial charge in [-0.15, -0.1) is 0 Å². The second-order valence-corrected chi connectivity index (χ2v) is 5.18. The molecule has 1 N–H and O–H groups in total. The molecule has 1 atom stereocenters. The smallest absolute Gasteiger partial charge is 0.126 e. The summed E-state index contributed by atoms with van der Waals surface area (Å²) in [7, 11) is 1.56. The molecule has 1 unspecified atom stereocenters. The summed E-state index contributed by atoms with van der Waals surface area (Å²) in [5.74, 6) is 0.566. The number of halogens is 1. The molecule has 106 valence electrons. The van der Waals surface area contributed by atoms with E-state index in [1.54, 1.807) is 31.5 Å². The van der Waals surface area contributed by atoms with E-state index in [2.05, 4.69) is 4.98 Å². The Bertz CT molecular complexity index is 789. The summed E-state index contributed by atoms with van der Waals surface area (Å²) in [4.78, 5) is 4.31. The Morgan fingerprint density at radius 3 is 2.81 bits per heavy atom. The fraction of sp³-hybridized carbons (Fsp3) is 0.118. The fourth-order valence-electron chi connectivity index (χ4n) is 2.34. The van der Waals surface area contributed by atoms with Crippen LogP contribution in [0.1, 0.15) is 17.2 Å². The van der Waals surface area contributed by atoms with Gasteiger partial charge in [-0.25, -0.2) is 0 Å². The van der Waals surface area contributed by atoms with Crippen molar-refractivity contribution in [3.05, 3.63) is 70.9 Å². The quantitative estimate of drug-likeness (QED) is 0.795. The van der Waals surface area contributed by atoms with Gasteiger partial charge < -0.3 is 9.84 Å². The van der Waals surface area contributed by atoms with E-state index >= 15 is 0 Å². The first-order valence-electron chi connectivity index (χ1n) is 6.55. The molecule has 0 aliphatic rings. The number of methoxy groups -OCH3 is 1. The predicted octanol–water partition coefficient (Wildman–Crippen LogP) is 3.98. The Morgan fingerprint density at radius 1 is 1.14 bits per heavy atom. The summed E-state index contributed by atoms with van der Waals surface area (Å²) in [5.41, 5.74) is 2.29. The first-order valence-corrected chi connectivity index (χ1v) is 6.93. The Labute approximate surface area is 127 Å². The highest BCUT2D eigenvalue weighted by molar-refractivity contribution is 6.30. The normalized spacial score (nSPS) is 12.3. The van der Waals surface area contributed by atoms with E-state index in [9.17, 15) is 5.11 Å². The monoisotopic (exact) mass is 299 g/mol. The maximum Gasteiger partial charge on any atom is 0.126 e. The van der Waals surface area contributed by atoms with Gasteiger partial charge in [-0.1, -0.05) is 35.9 Å². The molecule has 0 aliphatic carbocycles. The maximum absolute atomic E-state index is 10.6. The van der Waals surface area contributed by atoms with Crippen LogP contribution in [0.3, 0.4) is 0 Å². The second-order valence-electron chi connectivity index (χ2n) is 4.74.